The number of benzene rings is 2. The van der Waals surface area contributed by atoms with Gasteiger partial charge in [-0.2, -0.15) is 5.10 Å². The van der Waals surface area contributed by atoms with E-state index in [0.29, 0.717) is 11.4 Å². The second-order valence-electron chi connectivity index (χ2n) is 5.28. The van der Waals surface area contributed by atoms with Gasteiger partial charge in [-0.15, -0.1) is 0 Å². The number of H-pyrrole nitrogens is 1. The molecule has 1 amide bonds. The first-order valence-electron chi connectivity index (χ1n) is 7.49. The van der Waals surface area contributed by atoms with Crippen molar-refractivity contribution in [1.82, 2.24) is 10.2 Å². The lowest BCUT2D eigenvalue weighted by atomic mass is 10.1. The normalized spacial score (nSPS) is 10.4. The molecule has 0 fully saturated rings. The van der Waals surface area contributed by atoms with E-state index in [1.54, 1.807) is 30.3 Å². The number of nitrogens with zero attached hydrogens (tertiary/aromatic N) is 1. The van der Waals surface area contributed by atoms with Gasteiger partial charge in [0.05, 0.1) is 22.8 Å². The van der Waals surface area contributed by atoms with Crippen molar-refractivity contribution in [3.63, 3.8) is 0 Å². The van der Waals surface area contributed by atoms with Crippen LogP contribution in [0.15, 0.2) is 53.3 Å². The average Bonchev–Trinajstić information content (AvgIpc) is 2.64. The summed E-state index contributed by atoms with van der Waals surface area (Å²) in [5, 5.41) is 9.61. The molecule has 0 aliphatic heterocycles. The van der Waals surface area contributed by atoms with Crippen LogP contribution in [-0.4, -0.2) is 23.2 Å². The molecule has 1 aromatic heterocycles. The monoisotopic (exact) mass is 389 g/mol. The van der Waals surface area contributed by atoms with Crippen LogP contribution in [0.5, 0.6) is 5.75 Å². The number of hydrogen-bond donors (Lipinski definition) is 2. The molecule has 2 aromatic carbocycles. The van der Waals surface area contributed by atoms with E-state index < -0.39 is 5.91 Å². The van der Waals surface area contributed by atoms with E-state index in [4.69, 9.17) is 27.9 Å². The maximum atomic E-state index is 12.7. The minimum atomic E-state index is -0.457. The summed E-state index contributed by atoms with van der Waals surface area (Å²) in [5.74, 6) is -0.254. The van der Waals surface area contributed by atoms with Gasteiger partial charge >= 0.3 is 0 Å². The molecule has 8 heteroatoms. The lowest BCUT2D eigenvalue weighted by Crippen LogP contribution is -2.14. The number of rotatable bonds is 4. The summed E-state index contributed by atoms with van der Waals surface area (Å²) in [6.45, 7) is 0. The number of halogens is 2. The number of ether oxygens (including phenoxy) is 1. The number of aromatic amines is 1. The highest BCUT2D eigenvalue weighted by molar-refractivity contribution is 6.37. The SMILES string of the molecule is COc1c(Cl)ccc(Cl)c1C(=O)Nc1cccc(-c2ccc(=O)[nH]n2)c1. The van der Waals surface area contributed by atoms with Crippen LogP contribution in [0.1, 0.15) is 10.4 Å². The highest BCUT2D eigenvalue weighted by atomic mass is 35.5. The molecule has 0 aliphatic carbocycles. The maximum absolute atomic E-state index is 12.7. The molecule has 26 heavy (non-hydrogen) atoms. The zero-order chi connectivity index (χ0) is 18.7. The smallest absolute Gasteiger partial charge is 0.264 e. The minimum absolute atomic E-state index is 0.147. The molecule has 0 bridgehead atoms. The first-order valence-corrected chi connectivity index (χ1v) is 8.24. The Morgan fingerprint density at radius 3 is 2.58 bits per heavy atom. The van der Waals surface area contributed by atoms with Gasteiger partial charge in [-0.05, 0) is 30.3 Å². The van der Waals surface area contributed by atoms with Crippen LogP contribution in [0.25, 0.3) is 11.3 Å². The van der Waals surface area contributed by atoms with Crippen LogP contribution >= 0.6 is 23.2 Å². The van der Waals surface area contributed by atoms with E-state index >= 15 is 0 Å². The van der Waals surface area contributed by atoms with Crippen LogP contribution < -0.4 is 15.6 Å². The summed E-state index contributed by atoms with van der Waals surface area (Å²) in [4.78, 5) is 23.8. The fraction of sp³-hybridized carbons (Fsp3) is 0.0556. The van der Waals surface area contributed by atoms with Crippen LogP contribution in [0.4, 0.5) is 5.69 Å². The topological polar surface area (TPSA) is 84.1 Å². The summed E-state index contributed by atoms with van der Waals surface area (Å²) in [6.07, 6.45) is 0. The van der Waals surface area contributed by atoms with Gasteiger partial charge in [0.1, 0.15) is 5.56 Å². The molecule has 3 aromatic rings. The fourth-order valence-corrected chi connectivity index (χ4v) is 2.87. The number of hydrogen-bond acceptors (Lipinski definition) is 4. The molecular formula is C18H13Cl2N3O3. The molecule has 3 rings (SSSR count). The van der Waals surface area contributed by atoms with Gasteiger partial charge in [-0.25, -0.2) is 5.10 Å². The molecule has 6 nitrogen and oxygen atoms in total. The molecule has 0 aliphatic rings. The zero-order valence-corrected chi connectivity index (χ0v) is 15.1. The van der Waals surface area contributed by atoms with Gasteiger partial charge in [0.2, 0.25) is 0 Å². The van der Waals surface area contributed by atoms with E-state index in [1.165, 1.54) is 19.2 Å². The van der Waals surface area contributed by atoms with Gasteiger partial charge in [0, 0.05) is 17.3 Å². The van der Waals surface area contributed by atoms with E-state index in [0.717, 1.165) is 5.56 Å². The van der Waals surface area contributed by atoms with Crippen LogP contribution in [-0.2, 0) is 0 Å². The summed E-state index contributed by atoms with van der Waals surface area (Å²) < 4.78 is 5.20. The van der Waals surface area contributed by atoms with Gasteiger partial charge in [0.15, 0.2) is 5.75 Å². The summed E-state index contributed by atoms with van der Waals surface area (Å²) in [7, 11) is 1.41. The Hall–Kier alpha value is -2.83. The molecule has 0 saturated carbocycles. The molecule has 0 radical (unpaired) electrons. The number of carbonyl (C=O) groups is 1. The van der Waals surface area contributed by atoms with Crippen molar-refractivity contribution in [3.8, 4) is 17.0 Å². The largest absolute Gasteiger partial charge is 0.494 e. The highest BCUT2D eigenvalue weighted by Crippen LogP contribution is 2.34. The summed E-state index contributed by atoms with van der Waals surface area (Å²) in [6, 6.07) is 13.1. The standard InChI is InChI=1S/C18H13Cl2N3O3/c1-26-17-13(20)6-5-12(19)16(17)18(25)21-11-4-2-3-10(9-11)14-7-8-15(24)23-22-14/h2-9H,1H3,(H,21,25)(H,23,24). The predicted octanol–water partition coefficient (Wildman–Crippen LogP) is 4.00. The number of amides is 1. The Kier molecular flexibility index (Phi) is 5.25. The molecule has 2 N–H and O–H groups in total. The third kappa shape index (κ3) is 3.71. The summed E-state index contributed by atoms with van der Waals surface area (Å²) >= 11 is 12.2. The third-order valence-electron chi connectivity index (χ3n) is 3.59. The van der Waals surface area contributed by atoms with Crippen LogP contribution in [0, 0.1) is 0 Å². The van der Waals surface area contributed by atoms with Crippen LogP contribution in [0.3, 0.4) is 0 Å². The molecule has 0 saturated heterocycles. The number of anilines is 1. The molecular weight excluding hydrogens is 377 g/mol. The van der Waals surface area contributed by atoms with E-state index in [9.17, 15) is 9.59 Å². The van der Waals surface area contributed by atoms with E-state index in [-0.39, 0.29) is 26.9 Å². The lowest BCUT2D eigenvalue weighted by molar-refractivity contribution is 0.102. The zero-order valence-electron chi connectivity index (χ0n) is 13.5. The van der Waals surface area contributed by atoms with Gasteiger partial charge < -0.3 is 10.1 Å². The third-order valence-corrected chi connectivity index (χ3v) is 4.20. The second kappa shape index (κ2) is 7.59. The molecule has 1 heterocycles. The Labute approximate surface area is 158 Å². The van der Waals surface area contributed by atoms with Gasteiger partial charge in [0.25, 0.3) is 11.5 Å². The van der Waals surface area contributed by atoms with Crippen molar-refractivity contribution in [1.29, 1.82) is 0 Å². The first kappa shape index (κ1) is 18.0. The van der Waals surface area contributed by atoms with Crippen molar-refractivity contribution >= 4 is 34.8 Å². The molecule has 0 atom stereocenters. The van der Waals surface area contributed by atoms with Gasteiger partial charge in [-0.3, -0.25) is 9.59 Å². The van der Waals surface area contributed by atoms with Crippen molar-refractivity contribution in [2.24, 2.45) is 0 Å². The Balaban J connectivity index is 1.92. The highest BCUT2D eigenvalue weighted by Gasteiger charge is 2.19. The Morgan fingerprint density at radius 1 is 1.12 bits per heavy atom. The van der Waals surface area contributed by atoms with Crippen molar-refractivity contribution in [2.45, 2.75) is 0 Å². The Morgan fingerprint density at radius 2 is 1.88 bits per heavy atom. The van der Waals surface area contributed by atoms with E-state index in [2.05, 4.69) is 15.5 Å². The molecule has 0 spiro atoms. The number of aromatic nitrogens is 2. The second-order valence-corrected chi connectivity index (χ2v) is 6.09. The summed E-state index contributed by atoms with van der Waals surface area (Å²) in [5.41, 5.74) is 1.68. The fourth-order valence-electron chi connectivity index (χ4n) is 2.40. The first-order chi connectivity index (χ1) is 12.5. The molecule has 132 valence electrons. The molecule has 0 unspecified atom stereocenters. The number of nitrogens with one attached hydrogen (secondary N) is 2. The van der Waals surface area contributed by atoms with Crippen molar-refractivity contribution in [2.75, 3.05) is 12.4 Å². The quantitative estimate of drug-likeness (QED) is 0.705. The lowest BCUT2D eigenvalue weighted by Gasteiger charge is -2.13. The average molecular weight is 390 g/mol. The maximum Gasteiger partial charge on any atom is 0.264 e. The van der Waals surface area contributed by atoms with Crippen LogP contribution in [0.2, 0.25) is 10.0 Å². The number of methoxy groups -OCH3 is 1. The van der Waals surface area contributed by atoms with Crippen molar-refractivity contribution in [3.05, 3.63) is 74.5 Å². The predicted molar refractivity (Wildman–Crippen MR) is 101 cm³/mol. The van der Waals surface area contributed by atoms with E-state index in [1.807, 2.05) is 6.07 Å². The Bertz CT molecular complexity index is 1010. The van der Waals surface area contributed by atoms with Crippen molar-refractivity contribution < 1.29 is 9.53 Å². The number of carbonyl (C=O) groups excluding carboxylic acids is 1. The minimum Gasteiger partial charge on any atom is -0.494 e. The van der Waals surface area contributed by atoms with Gasteiger partial charge in [-0.1, -0.05) is 35.3 Å².